The number of benzene rings is 2. The SMILES string of the molecule is CC1=C(C)C(C(c2cccc(C)c2)c2cccc(C)c2)C=C1. The highest BCUT2D eigenvalue weighted by Crippen LogP contribution is 2.41. The minimum Gasteiger partial charge on any atom is -0.0761 e. The molecule has 0 N–H and O–H groups in total. The molecular formula is C22H24. The van der Waals surface area contributed by atoms with E-state index >= 15 is 0 Å². The van der Waals surface area contributed by atoms with Gasteiger partial charge < -0.3 is 0 Å². The lowest BCUT2D eigenvalue weighted by atomic mass is 9.77. The van der Waals surface area contributed by atoms with Crippen LogP contribution in [-0.2, 0) is 0 Å². The number of rotatable bonds is 3. The molecule has 0 saturated heterocycles. The van der Waals surface area contributed by atoms with E-state index in [-0.39, 0.29) is 0 Å². The van der Waals surface area contributed by atoms with Crippen LogP contribution in [-0.4, -0.2) is 0 Å². The Balaban J connectivity index is 2.13. The third kappa shape index (κ3) is 2.78. The van der Waals surface area contributed by atoms with E-state index in [0.717, 1.165) is 0 Å². The number of hydrogen-bond acceptors (Lipinski definition) is 0. The summed E-state index contributed by atoms with van der Waals surface area (Å²) in [6, 6.07) is 17.9. The Morgan fingerprint density at radius 2 is 1.32 bits per heavy atom. The van der Waals surface area contributed by atoms with E-state index in [0.29, 0.717) is 11.8 Å². The maximum atomic E-state index is 2.38. The van der Waals surface area contributed by atoms with Crippen LogP contribution in [0.2, 0.25) is 0 Å². The van der Waals surface area contributed by atoms with Crippen molar-refractivity contribution in [2.24, 2.45) is 5.92 Å². The third-order valence-corrected chi connectivity index (χ3v) is 4.84. The lowest BCUT2D eigenvalue weighted by molar-refractivity contribution is 0.655. The van der Waals surface area contributed by atoms with Crippen LogP contribution in [0.25, 0.3) is 0 Å². The molecule has 2 aromatic rings. The summed E-state index contributed by atoms with van der Waals surface area (Å²) in [5.41, 5.74) is 8.39. The van der Waals surface area contributed by atoms with Gasteiger partial charge in [0.1, 0.15) is 0 Å². The summed E-state index contributed by atoms with van der Waals surface area (Å²) < 4.78 is 0. The topological polar surface area (TPSA) is 0 Å². The first-order valence-electron chi connectivity index (χ1n) is 8.05. The molecule has 1 aliphatic carbocycles. The fourth-order valence-corrected chi connectivity index (χ4v) is 3.48. The van der Waals surface area contributed by atoms with E-state index in [2.05, 4.69) is 88.4 Å². The largest absolute Gasteiger partial charge is 0.0761 e. The fraction of sp³-hybridized carbons (Fsp3) is 0.273. The van der Waals surface area contributed by atoms with Crippen molar-refractivity contribution in [1.29, 1.82) is 0 Å². The van der Waals surface area contributed by atoms with Crippen molar-refractivity contribution in [2.45, 2.75) is 33.6 Å². The second kappa shape index (κ2) is 5.96. The maximum Gasteiger partial charge on any atom is 0.0190 e. The van der Waals surface area contributed by atoms with Crippen LogP contribution < -0.4 is 0 Å². The smallest absolute Gasteiger partial charge is 0.0190 e. The van der Waals surface area contributed by atoms with E-state index in [1.54, 1.807) is 0 Å². The molecule has 1 aliphatic rings. The van der Waals surface area contributed by atoms with Gasteiger partial charge in [-0.1, -0.05) is 83.0 Å². The van der Waals surface area contributed by atoms with Crippen molar-refractivity contribution in [3.8, 4) is 0 Å². The quantitative estimate of drug-likeness (QED) is 0.654. The monoisotopic (exact) mass is 288 g/mol. The zero-order valence-corrected chi connectivity index (χ0v) is 13.9. The molecule has 0 nitrogen and oxygen atoms in total. The third-order valence-electron chi connectivity index (χ3n) is 4.84. The average Bonchev–Trinajstić information content (AvgIpc) is 2.80. The van der Waals surface area contributed by atoms with Gasteiger partial charge in [-0.05, 0) is 38.8 Å². The molecule has 0 amide bonds. The van der Waals surface area contributed by atoms with Gasteiger partial charge in [0, 0.05) is 11.8 Å². The first kappa shape index (κ1) is 14.8. The Bertz CT molecular complexity index is 701. The molecule has 0 fully saturated rings. The summed E-state index contributed by atoms with van der Waals surface area (Å²) >= 11 is 0. The summed E-state index contributed by atoms with van der Waals surface area (Å²) in [7, 11) is 0. The number of allylic oxidation sites excluding steroid dienone is 4. The average molecular weight is 288 g/mol. The van der Waals surface area contributed by atoms with Gasteiger partial charge >= 0.3 is 0 Å². The Hall–Kier alpha value is -2.08. The molecule has 3 rings (SSSR count). The summed E-state index contributed by atoms with van der Waals surface area (Å²) in [6.07, 6.45) is 4.65. The number of aryl methyl sites for hydroxylation is 2. The predicted molar refractivity (Wildman–Crippen MR) is 95.2 cm³/mol. The van der Waals surface area contributed by atoms with Crippen LogP contribution in [0.1, 0.15) is 42.0 Å². The highest BCUT2D eigenvalue weighted by atomic mass is 14.3. The van der Waals surface area contributed by atoms with E-state index in [9.17, 15) is 0 Å². The van der Waals surface area contributed by atoms with Gasteiger partial charge in [0.2, 0.25) is 0 Å². The van der Waals surface area contributed by atoms with Gasteiger partial charge in [0.15, 0.2) is 0 Å². The summed E-state index contributed by atoms with van der Waals surface area (Å²) in [4.78, 5) is 0. The van der Waals surface area contributed by atoms with Crippen molar-refractivity contribution < 1.29 is 0 Å². The van der Waals surface area contributed by atoms with Crippen molar-refractivity contribution >= 4 is 0 Å². The molecule has 0 radical (unpaired) electrons. The lowest BCUT2D eigenvalue weighted by Gasteiger charge is -2.26. The van der Waals surface area contributed by atoms with Crippen LogP contribution in [0, 0.1) is 19.8 Å². The molecule has 0 heterocycles. The van der Waals surface area contributed by atoms with Gasteiger partial charge in [-0.25, -0.2) is 0 Å². The van der Waals surface area contributed by atoms with Crippen molar-refractivity contribution in [3.05, 3.63) is 94.1 Å². The minimum absolute atomic E-state index is 0.397. The molecule has 22 heavy (non-hydrogen) atoms. The highest BCUT2D eigenvalue weighted by Gasteiger charge is 2.27. The van der Waals surface area contributed by atoms with Gasteiger partial charge in [0.05, 0.1) is 0 Å². The van der Waals surface area contributed by atoms with Gasteiger partial charge in [-0.15, -0.1) is 0 Å². The van der Waals surface area contributed by atoms with Crippen molar-refractivity contribution in [2.75, 3.05) is 0 Å². The van der Waals surface area contributed by atoms with Crippen molar-refractivity contribution in [1.82, 2.24) is 0 Å². The van der Waals surface area contributed by atoms with E-state index in [4.69, 9.17) is 0 Å². The molecule has 0 heteroatoms. The van der Waals surface area contributed by atoms with E-state index < -0.39 is 0 Å². The van der Waals surface area contributed by atoms with E-state index in [1.807, 2.05) is 0 Å². The van der Waals surface area contributed by atoms with Gasteiger partial charge in [0.25, 0.3) is 0 Å². The zero-order chi connectivity index (χ0) is 15.7. The van der Waals surface area contributed by atoms with Gasteiger partial charge in [-0.2, -0.15) is 0 Å². The molecule has 0 aromatic heterocycles. The fourth-order valence-electron chi connectivity index (χ4n) is 3.48. The molecule has 1 atom stereocenters. The molecular weight excluding hydrogens is 264 g/mol. The Labute approximate surface area is 134 Å². The molecule has 0 saturated carbocycles. The molecule has 0 spiro atoms. The second-order valence-corrected chi connectivity index (χ2v) is 6.56. The molecule has 112 valence electrons. The second-order valence-electron chi connectivity index (χ2n) is 6.56. The molecule has 0 bridgehead atoms. The highest BCUT2D eigenvalue weighted by molar-refractivity contribution is 5.45. The molecule has 1 unspecified atom stereocenters. The standard InChI is InChI=1S/C22H24/c1-15-7-5-9-19(13-15)22(20-10-6-8-16(2)14-20)21-12-11-17(3)18(21)4/h5-14,21-22H,1-4H3. The van der Waals surface area contributed by atoms with Crippen LogP contribution >= 0.6 is 0 Å². The lowest BCUT2D eigenvalue weighted by Crippen LogP contribution is -2.13. The molecule has 2 aromatic carbocycles. The number of hydrogen-bond donors (Lipinski definition) is 0. The normalized spacial score (nSPS) is 17.6. The van der Waals surface area contributed by atoms with Gasteiger partial charge in [-0.3, -0.25) is 0 Å². The van der Waals surface area contributed by atoms with Crippen LogP contribution in [0.3, 0.4) is 0 Å². The minimum atomic E-state index is 0.397. The summed E-state index contributed by atoms with van der Waals surface area (Å²) in [5.74, 6) is 0.858. The first-order valence-corrected chi connectivity index (χ1v) is 8.05. The van der Waals surface area contributed by atoms with Crippen LogP contribution in [0.4, 0.5) is 0 Å². The predicted octanol–water partition coefficient (Wildman–Crippen LogP) is 5.96. The summed E-state index contributed by atoms with van der Waals surface area (Å²) in [6.45, 7) is 8.85. The van der Waals surface area contributed by atoms with E-state index in [1.165, 1.54) is 33.4 Å². The Morgan fingerprint density at radius 3 is 1.73 bits per heavy atom. The first-order chi connectivity index (χ1) is 10.6. The Kier molecular flexibility index (Phi) is 4.02. The van der Waals surface area contributed by atoms with Crippen molar-refractivity contribution in [3.63, 3.8) is 0 Å². The van der Waals surface area contributed by atoms with Crippen LogP contribution in [0.15, 0.2) is 71.8 Å². The maximum absolute atomic E-state index is 2.38. The summed E-state index contributed by atoms with van der Waals surface area (Å²) in [5, 5.41) is 0. The Morgan fingerprint density at radius 1 is 0.773 bits per heavy atom. The van der Waals surface area contributed by atoms with Crippen LogP contribution in [0.5, 0.6) is 0 Å². The molecule has 0 aliphatic heterocycles. The zero-order valence-electron chi connectivity index (χ0n) is 13.9.